The van der Waals surface area contributed by atoms with Crippen LogP contribution in [-0.4, -0.2) is 46.5 Å². The Kier molecular flexibility index (Phi) is 3.80. The van der Waals surface area contributed by atoms with Gasteiger partial charge in [-0.3, -0.25) is 19.3 Å². The third kappa shape index (κ3) is 2.39. The van der Waals surface area contributed by atoms with E-state index in [0.29, 0.717) is 9.78 Å². The Balaban J connectivity index is 2.15. The van der Waals surface area contributed by atoms with Gasteiger partial charge in [-0.15, -0.1) is 17.9 Å². The lowest BCUT2D eigenvalue weighted by Crippen LogP contribution is -2.36. The zero-order valence-corrected chi connectivity index (χ0v) is 11.6. The largest absolute Gasteiger partial charge is 0.334 e. The van der Waals surface area contributed by atoms with Crippen molar-refractivity contribution in [2.75, 3.05) is 13.1 Å². The van der Waals surface area contributed by atoms with Gasteiger partial charge in [0.2, 0.25) is 0 Å². The molecule has 0 unspecified atom stereocenters. The van der Waals surface area contributed by atoms with Gasteiger partial charge in [0.25, 0.3) is 0 Å². The molecule has 0 N–H and O–H groups in total. The van der Waals surface area contributed by atoms with E-state index in [1.165, 1.54) is 17.4 Å². The highest BCUT2D eigenvalue weighted by molar-refractivity contribution is 7.14. The third-order valence-corrected chi connectivity index (χ3v) is 3.81. The second kappa shape index (κ2) is 5.38. The molecular formula is C13H12N2O4S. The summed E-state index contributed by atoms with van der Waals surface area (Å²) >= 11 is 1.28. The number of nitrogens with zero attached hydrogens (tertiary/aromatic N) is 2. The van der Waals surface area contributed by atoms with E-state index in [1.807, 2.05) is 6.92 Å². The summed E-state index contributed by atoms with van der Waals surface area (Å²) in [6.45, 7) is 4.79. The quantitative estimate of drug-likeness (QED) is 0.354. The van der Waals surface area contributed by atoms with Crippen molar-refractivity contribution in [3.8, 4) is 0 Å². The second-order valence-corrected chi connectivity index (χ2v) is 5.50. The number of carbonyl (C=O) groups is 4. The van der Waals surface area contributed by atoms with E-state index in [4.69, 9.17) is 0 Å². The zero-order valence-electron chi connectivity index (χ0n) is 10.8. The van der Waals surface area contributed by atoms with Gasteiger partial charge in [0, 0.05) is 11.4 Å². The Hall–Kier alpha value is -2.28. The predicted octanol–water partition coefficient (Wildman–Crippen LogP) is 1.22. The molecule has 1 fully saturated rings. The fourth-order valence-corrected chi connectivity index (χ4v) is 2.58. The molecule has 1 aromatic rings. The van der Waals surface area contributed by atoms with Crippen molar-refractivity contribution in [2.45, 2.75) is 6.92 Å². The fourth-order valence-electron chi connectivity index (χ4n) is 1.79. The molecule has 1 aromatic heterocycles. The van der Waals surface area contributed by atoms with Gasteiger partial charge in [-0.2, -0.15) is 0 Å². The summed E-state index contributed by atoms with van der Waals surface area (Å²) in [6, 6.07) is 2.64. The van der Waals surface area contributed by atoms with Crippen LogP contribution in [0.5, 0.6) is 0 Å². The molecule has 1 saturated heterocycles. The van der Waals surface area contributed by atoms with Crippen LogP contribution in [-0.2, 0) is 9.59 Å². The van der Waals surface area contributed by atoms with Crippen molar-refractivity contribution in [3.63, 3.8) is 0 Å². The van der Waals surface area contributed by atoms with Gasteiger partial charge in [-0.25, -0.2) is 9.69 Å². The Morgan fingerprint density at radius 1 is 1.25 bits per heavy atom. The van der Waals surface area contributed by atoms with Crippen LogP contribution in [0.15, 0.2) is 24.8 Å². The van der Waals surface area contributed by atoms with Gasteiger partial charge in [0.05, 0.1) is 11.4 Å². The lowest BCUT2D eigenvalue weighted by atomic mass is 10.3. The minimum absolute atomic E-state index is 0.0494. The van der Waals surface area contributed by atoms with Gasteiger partial charge in [-0.1, -0.05) is 6.08 Å². The lowest BCUT2D eigenvalue weighted by Gasteiger charge is -2.12. The first kappa shape index (κ1) is 14.1. The number of carbonyl (C=O) groups excluding carboxylic acids is 4. The smallest absolute Gasteiger partial charge is 0.291 e. The number of Topliss-reactive ketones (excluding diaryl/α,β-unsaturated/α-hetero) is 1. The van der Waals surface area contributed by atoms with Gasteiger partial charge >= 0.3 is 17.8 Å². The van der Waals surface area contributed by atoms with Gasteiger partial charge in [-0.05, 0) is 19.1 Å². The normalized spacial score (nSPS) is 15.2. The molecule has 0 bridgehead atoms. The topological polar surface area (TPSA) is 74.8 Å². The SMILES string of the molecule is C=CCN1C(=O)C(=O)N(CC(=O)c2ccc(C)s2)C1=O. The second-order valence-electron chi connectivity index (χ2n) is 4.21. The first-order valence-electron chi connectivity index (χ1n) is 5.83. The van der Waals surface area contributed by atoms with Crippen molar-refractivity contribution in [1.82, 2.24) is 9.80 Å². The Bertz CT molecular complexity index is 620. The monoisotopic (exact) mass is 292 g/mol. The van der Waals surface area contributed by atoms with E-state index in [2.05, 4.69) is 6.58 Å². The predicted molar refractivity (Wildman–Crippen MR) is 72.4 cm³/mol. The molecular weight excluding hydrogens is 280 g/mol. The van der Waals surface area contributed by atoms with Crippen LogP contribution in [0.3, 0.4) is 0 Å². The minimum atomic E-state index is -0.974. The number of hydrogen-bond donors (Lipinski definition) is 0. The van der Waals surface area contributed by atoms with E-state index >= 15 is 0 Å². The maximum absolute atomic E-state index is 12.0. The van der Waals surface area contributed by atoms with Gasteiger partial charge < -0.3 is 0 Å². The summed E-state index contributed by atoms with van der Waals surface area (Å²) in [5.41, 5.74) is 0. The zero-order chi connectivity index (χ0) is 14.9. The number of imide groups is 2. The maximum Gasteiger partial charge on any atom is 0.334 e. The van der Waals surface area contributed by atoms with Crippen LogP contribution in [0.1, 0.15) is 14.5 Å². The Labute approximate surface area is 119 Å². The van der Waals surface area contributed by atoms with E-state index in [0.717, 1.165) is 9.78 Å². The number of amides is 4. The molecule has 0 saturated carbocycles. The minimum Gasteiger partial charge on any atom is -0.291 e. The molecule has 0 radical (unpaired) electrons. The van der Waals surface area contributed by atoms with Crippen LogP contribution in [0, 0.1) is 6.92 Å². The van der Waals surface area contributed by atoms with Crippen molar-refractivity contribution in [3.05, 3.63) is 34.5 Å². The number of thiophene rings is 1. The molecule has 1 aliphatic rings. The molecule has 0 spiro atoms. The molecule has 1 aliphatic heterocycles. The number of ketones is 1. The molecule has 7 heteroatoms. The molecule has 104 valence electrons. The number of hydrogen-bond acceptors (Lipinski definition) is 5. The van der Waals surface area contributed by atoms with E-state index in [-0.39, 0.29) is 12.3 Å². The average molecular weight is 292 g/mol. The molecule has 2 rings (SSSR count). The van der Waals surface area contributed by atoms with Crippen LogP contribution in [0.25, 0.3) is 0 Å². The summed E-state index contributed by atoms with van der Waals surface area (Å²) in [5.74, 6) is -2.26. The van der Waals surface area contributed by atoms with Crippen molar-refractivity contribution < 1.29 is 19.2 Å². The number of rotatable bonds is 5. The number of aryl methyl sites for hydroxylation is 1. The highest BCUT2D eigenvalue weighted by atomic mass is 32.1. The highest BCUT2D eigenvalue weighted by Crippen LogP contribution is 2.18. The molecule has 4 amide bonds. The molecule has 0 atom stereocenters. The fraction of sp³-hybridized carbons (Fsp3) is 0.231. The molecule has 20 heavy (non-hydrogen) atoms. The third-order valence-electron chi connectivity index (χ3n) is 2.76. The van der Waals surface area contributed by atoms with E-state index < -0.39 is 24.4 Å². The molecule has 0 aliphatic carbocycles. The van der Waals surface area contributed by atoms with Crippen LogP contribution in [0.2, 0.25) is 0 Å². The van der Waals surface area contributed by atoms with E-state index in [9.17, 15) is 19.2 Å². The van der Waals surface area contributed by atoms with Crippen LogP contribution >= 0.6 is 11.3 Å². The van der Waals surface area contributed by atoms with Gasteiger partial charge in [0.15, 0.2) is 5.78 Å². The van der Waals surface area contributed by atoms with Crippen molar-refractivity contribution in [1.29, 1.82) is 0 Å². The number of urea groups is 1. The Morgan fingerprint density at radius 2 is 1.90 bits per heavy atom. The first-order valence-corrected chi connectivity index (χ1v) is 6.65. The summed E-state index contributed by atoms with van der Waals surface area (Å²) in [4.78, 5) is 50.0. The molecule has 2 heterocycles. The highest BCUT2D eigenvalue weighted by Gasteiger charge is 2.44. The lowest BCUT2D eigenvalue weighted by molar-refractivity contribution is -0.142. The standard InChI is InChI=1S/C13H12N2O4S/c1-3-6-14-11(17)12(18)15(13(14)19)7-9(16)10-5-4-8(2)20-10/h3-5H,1,6-7H2,2H3. The summed E-state index contributed by atoms with van der Waals surface area (Å²) in [5, 5.41) is 0. The summed E-state index contributed by atoms with van der Waals surface area (Å²) in [7, 11) is 0. The molecule has 0 aromatic carbocycles. The Morgan fingerprint density at radius 3 is 2.45 bits per heavy atom. The van der Waals surface area contributed by atoms with Crippen LogP contribution in [0.4, 0.5) is 4.79 Å². The van der Waals surface area contributed by atoms with Crippen molar-refractivity contribution in [2.24, 2.45) is 0 Å². The maximum atomic E-state index is 12.0. The first-order chi connectivity index (χ1) is 9.45. The summed E-state index contributed by atoms with van der Waals surface area (Å²) in [6.07, 6.45) is 1.34. The van der Waals surface area contributed by atoms with Crippen molar-refractivity contribution >= 4 is 35.0 Å². The molecule has 6 nitrogen and oxygen atoms in total. The van der Waals surface area contributed by atoms with Gasteiger partial charge in [0.1, 0.15) is 0 Å². The van der Waals surface area contributed by atoms with Crippen LogP contribution < -0.4 is 0 Å². The average Bonchev–Trinajstić information content (AvgIpc) is 2.92. The summed E-state index contributed by atoms with van der Waals surface area (Å²) < 4.78 is 0. The van der Waals surface area contributed by atoms with E-state index in [1.54, 1.807) is 12.1 Å².